The molecule has 0 saturated heterocycles. The van der Waals surface area contributed by atoms with E-state index in [0.717, 1.165) is 11.4 Å². The lowest BCUT2D eigenvalue weighted by molar-refractivity contribution is 0.575. The molecule has 0 fully saturated rings. The van der Waals surface area contributed by atoms with E-state index in [-0.39, 0.29) is 11.0 Å². The van der Waals surface area contributed by atoms with Crippen molar-refractivity contribution in [2.75, 3.05) is 0 Å². The van der Waals surface area contributed by atoms with Crippen molar-refractivity contribution in [3.8, 4) is 0 Å². The first kappa shape index (κ1) is 14.7. The number of aliphatic imine (C=N–C) groups is 1. The van der Waals surface area contributed by atoms with Gasteiger partial charge in [-0.3, -0.25) is 4.99 Å². The minimum absolute atomic E-state index is 0.0616. The molecule has 0 aromatic heterocycles. The molecular weight excluding hydrogens is 222 g/mol. The molecule has 100 valence electrons. The summed E-state index contributed by atoms with van der Waals surface area (Å²) in [5.41, 5.74) is 4.95. The number of nitrogens with two attached hydrogens (primary N) is 1. The van der Waals surface area contributed by atoms with Gasteiger partial charge in [0.2, 0.25) is 0 Å². The SMILES string of the molecule is CC(C)(C)N=C(NN)c1ccccc1C(C)(C)C. The molecule has 3 N–H and O–H groups in total. The van der Waals surface area contributed by atoms with Gasteiger partial charge in [0.15, 0.2) is 0 Å². The molecule has 1 aromatic rings. The maximum atomic E-state index is 5.64. The molecule has 0 atom stereocenters. The molecule has 0 radical (unpaired) electrons. The van der Waals surface area contributed by atoms with Crippen molar-refractivity contribution < 1.29 is 0 Å². The number of nitrogens with zero attached hydrogens (tertiary/aromatic N) is 1. The monoisotopic (exact) mass is 247 g/mol. The van der Waals surface area contributed by atoms with Gasteiger partial charge in [-0.1, -0.05) is 45.0 Å². The highest BCUT2D eigenvalue weighted by atomic mass is 15.3. The van der Waals surface area contributed by atoms with Crippen LogP contribution in [0.5, 0.6) is 0 Å². The Kier molecular flexibility index (Phi) is 4.17. The van der Waals surface area contributed by atoms with Crippen molar-refractivity contribution in [3.05, 3.63) is 35.4 Å². The fourth-order valence-electron chi connectivity index (χ4n) is 1.85. The molecule has 1 aromatic carbocycles. The summed E-state index contributed by atoms with van der Waals surface area (Å²) in [6, 6.07) is 8.26. The van der Waals surface area contributed by atoms with Gasteiger partial charge in [0.25, 0.3) is 0 Å². The second-order valence-corrected chi connectivity index (χ2v) is 6.57. The summed E-state index contributed by atoms with van der Waals surface area (Å²) in [7, 11) is 0. The van der Waals surface area contributed by atoms with E-state index in [1.54, 1.807) is 0 Å². The quantitative estimate of drug-likeness (QED) is 0.347. The average Bonchev–Trinajstić information content (AvgIpc) is 2.23. The van der Waals surface area contributed by atoms with Crippen molar-refractivity contribution in [3.63, 3.8) is 0 Å². The predicted octanol–water partition coefficient (Wildman–Crippen LogP) is 2.99. The van der Waals surface area contributed by atoms with Crippen LogP contribution in [0.15, 0.2) is 29.3 Å². The van der Waals surface area contributed by atoms with Crippen LogP contribution in [-0.4, -0.2) is 11.4 Å². The molecule has 0 aliphatic heterocycles. The van der Waals surface area contributed by atoms with Crippen molar-refractivity contribution in [2.45, 2.75) is 52.5 Å². The van der Waals surface area contributed by atoms with Crippen molar-refractivity contribution in [1.29, 1.82) is 0 Å². The second-order valence-electron chi connectivity index (χ2n) is 6.57. The van der Waals surface area contributed by atoms with Crippen LogP contribution in [0.25, 0.3) is 0 Å². The summed E-state index contributed by atoms with van der Waals surface area (Å²) in [6.45, 7) is 12.8. The summed E-state index contributed by atoms with van der Waals surface area (Å²) < 4.78 is 0. The van der Waals surface area contributed by atoms with E-state index >= 15 is 0 Å². The number of rotatable bonds is 1. The van der Waals surface area contributed by atoms with Crippen LogP contribution in [-0.2, 0) is 5.41 Å². The van der Waals surface area contributed by atoms with E-state index in [4.69, 9.17) is 5.84 Å². The number of hydrogen-bond donors (Lipinski definition) is 2. The zero-order valence-corrected chi connectivity index (χ0v) is 12.3. The Labute approximate surface area is 110 Å². The van der Waals surface area contributed by atoms with Crippen LogP contribution in [0.1, 0.15) is 52.7 Å². The van der Waals surface area contributed by atoms with Gasteiger partial charge in [-0.05, 0) is 31.7 Å². The Bertz CT molecular complexity index is 434. The minimum atomic E-state index is -0.160. The van der Waals surface area contributed by atoms with Gasteiger partial charge in [0.05, 0.1) is 5.54 Å². The smallest absolute Gasteiger partial charge is 0.143 e. The van der Waals surface area contributed by atoms with E-state index in [0.29, 0.717) is 0 Å². The van der Waals surface area contributed by atoms with Crippen LogP contribution >= 0.6 is 0 Å². The average molecular weight is 247 g/mol. The lowest BCUT2D eigenvalue weighted by Crippen LogP contribution is -2.35. The highest BCUT2D eigenvalue weighted by molar-refractivity contribution is 6.00. The van der Waals surface area contributed by atoms with Crippen LogP contribution in [0.2, 0.25) is 0 Å². The maximum Gasteiger partial charge on any atom is 0.143 e. The topological polar surface area (TPSA) is 50.4 Å². The highest BCUT2D eigenvalue weighted by Gasteiger charge is 2.21. The molecule has 0 aliphatic rings. The number of amidine groups is 1. The van der Waals surface area contributed by atoms with Gasteiger partial charge in [-0.25, -0.2) is 5.84 Å². The van der Waals surface area contributed by atoms with Gasteiger partial charge >= 0.3 is 0 Å². The summed E-state index contributed by atoms with van der Waals surface area (Å²) in [5, 5.41) is 0. The van der Waals surface area contributed by atoms with Gasteiger partial charge < -0.3 is 5.43 Å². The molecule has 3 nitrogen and oxygen atoms in total. The Morgan fingerprint density at radius 3 is 2.06 bits per heavy atom. The predicted molar refractivity (Wildman–Crippen MR) is 78.8 cm³/mol. The zero-order valence-electron chi connectivity index (χ0n) is 12.3. The highest BCUT2D eigenvalue weighted by Crippen LogP contribution is 2.26. The first-order valence-corrected chi connectivity index (χ1v) is 6.31. The summed E-state index contributed by atoms with van der Waals surface area (Å²) in [6.07, 6.45) is 0. The van der Waals surface area contributed by atoms with Crippen LogP contribution < -0.4 is 11.3 Å². The third-order valence-corrected chi connectivity index (χ3v) is 2.57. The van der Waals surface area contributed by atoms with Crippen LogP contribution in [0, 0.1) is 0 Å². The largest absolute Gasteiger partial charge is 0.308 e. The summed E-state index contributed by atoms with van der Waals surface area (Å²) in [4.78, 5) is 4.65. The molecule has 0 aliphatic carbocycles. The fourth-order valence-corrected chi connectivity index (χ4v) is 1.85. The van der Waals surface area contributed by atoms with E-state index in [2.05, 4.69) is 70.2 Å². The molecular formula is C15H25N3. The van der Waals surface area contributed by atoms with Crippen molar-refractivity contribution in [1.82, 2.24) is 5.43 Å². The maximum absolute atomic E-state index is 5.64. The third-order valence-electron chi connectivity index (χ3n) is 2.57. The molecule has 0 amide bonds. The molecule has 0 heterocycles. The number of benzene rings is 1. The lowest BCUT2D eigenvalue weighted by atomic mass is 9.83. The first-order valence-electron chi connectivity index (χ1n) is 6.31. The van der Waals surface area contributed by atoms with E-state index in [1.807, 2.05) is 6.07 Å². The van der Waals surface area contributed by atoms with Gasteiger partial charge in [-0.2, -0.15) is 0 Å². The van der Waals surface area contributed by atoms with E-state index in [9.17, 15) is 0 Å². The summed E-state index contributed by atoms with van der Waals surface area (Å²) in [5.74, 6) is 6.39. The van der Waals surface area contributed by atoms with E-state index < -0.39 is 0 Å². The first-order chi connectivity index (χ1) is 8.15. The van der Waals surface area contributed by atoms with Crippen molar-refractivity contribution in [2.24, 2.45) is 10.8 Å². The van der Waals surface area contributed by atoms with Crippen molar-refractivity contribution >= 4 is 5.84 Å². The molecule has 0 bridgehead atoms. The third kappa shape index (κ3) is 3.84. The van der Waals surface area contributed by atoms with E-state index in [1.165, 1.54) is 5.56 Å². The number of nitrogens with one attached hydrogen (secondary N) is 1. The molecule has 0 unspecified atom stereocenters. The van der Waals surface area contributed by atoms with Gasteiger partial charge in [-0.15, -0.1) is 0 Å². The van der Waals surface area contributed by atoms with Crippen LogP contribution in [0.4, 0.5) is 0 Å². The standard InChI is InChI=1S/C15H25N3/c1-14(2,3)12-10-8-7-9-11(12)13(18-16)17-15(4,5)6/h7-10H,16H2,1-6H3,(H,17,18). The zero-order chi connectivity index (χ0) is 14.0. The Hall–Kier alpha value is -1.35. The number of hydrazine groups is 1. The molecule has 0 saturated carbocycles. The fraction of sp³-hybridized carbons (Fsp3) is 0.533. The minimum Gasteiger partial charge on any atom is -0.308 e. The second kappa shape index (κ2) is 5.11. The van der Waals surface area contributed by atoms with Crippen LogP contribution in [0.3, 0.4) is 0 Å². The molecule has 0 spiro atoms. The Balaban J connectivity index is 3.36. The molecule has 1 rings (SSSR count). The normalized spacial score (nSPS) is 13.6. The molecule has 3 heteroatoms. The molecule has 18 heavy (non-hydrogen) atoms. The van der Waals surface area contributed by atoms with Gasteiger partial charge in [0.1, 0.15) is 5.84 Å². The number of hydrogen-bond acceptors (Lipinski definition) is 2. The Morgan fingerprint density at radius 2 is 1.61 bits per heavy atom. The van der Waals surface area contributed by atoms with Gasteiger partial charge in [0, 0.05) is 5.56 Å². The Morgan fingerprint density at radius 1 is 1.06 bits per heavy atom. The lowest BCUT2D eigenvalue weighted by Gasteiger charge is -2.24. The summed E-state index contributed by atoms with van der Waals surface area (Å²) >= 11 is 0.